The summed E-state index contributed by atoms with van der Waals surface area (Å²) in [5, 5.41) is 3.26. The minimum atomic E-state index is -0.310. The number of fused-ring (bicyclic) bond motifs is 3. The van der Waals surface area contributed by atoms with Gasteiger partial charge in [0.15, 0.2) is 0 Å². The SMILES string of the molecule is CC(C)(N)CNc1ncc2c(n1)-c1ccccc1C(c1ccccc1)C2. The van der Waals surface area contributed by atoms with Crippen LogP contribution in [0.2, 0.25) is 0 Å². The lowest BCUT2D eigenvalue weighted by Crippen LogP contribution is -2.40. The number of rotatable bonds is 4. The number of hydrogen-bond donors (Lipinski definition) is 2. The lowest BCUT2D eigenvalue weighted by Gasteiger charge is -2.28. The van der Waals surface area contributed by atoms with Crippen molar-refractivity contribution in [3.05, 3.63) is 77.5 Å². The van der Waals surface area contributed by atoms with E-state index in [-0.39, 0.29) is 5.54 Å². The highest BCUT2D eigenvalue weighted by atomic mass is 15.1. The lowest BCUT2D eigenvalue weighted by molar-refractivity contribution is 0.547. The Kier molecular flexibility index (Phi) is 4.21. The average Bonchev–Trinajstić information content (AvgIpc) is 2.66. The Hall–Kier alpha value is -2.72. The molecule has 0 amide bonds. The highest BCUT2D eigenvalue weighted by molar-refractivity contribution is 5.72. The van der Waals surface area contributed by atoms with E-state index >= 15 is 0 Å². The molecule has 1 heterocycles. The van der Waals surface area contributed by atoms with E-state index in [4.69, 9.17) is 10.7 Å². The van der Waals surface area contributed by atoms with Crippen LogP contribution in [0.4, 0.5) is 5.95 Å². The van der Waals surface area contributed by atoms with E-state index in [1.807, 2.05) is 20.0 Å². The fourth-order valence-electron chi connectivity index (χ4n) is 3.51. The van der Waals surface area contributed by atoms with Crippen LogP contribution in [0.5, 0.6) is 0 Å². The summed E-state index contributed by atoms with van der Waals surface area (Å²) < 4.78 is 0. The predicted octanol–water partition coefficient (Wildman–Crippen LogP) is 3.98. The number of anilines is 1. The summed E-state index contributed by atoms with van der Waals surface area (Å²) in [4.78, 5) is 9.33. The molecule has 132 valence electrons. The topological polar surface area (TPSA) is 63.8 Å². The Balaban J connectivity index is 1.73. The van der Waals surface area contributed by atoms with E-state index in [2.05, 4.69) is 64.9 Å². The molecule has 4 heteroatoms. The fourth-order valence-corrected chi connectivity index (χ4v) is 3.51. The van der Waals surface area contributed by atoms with Gasteiger partial charge in [0.25, 0.3) is 0 Å². The van der Waals surface area contributed by atoms with Crippen LogP contribution in [-0.2, 0) is 6.42 Å². The maximum atomic E-state index is 6.06. The second kappa shape index (κ2) is 6.54. The van der Waals surface area contributed by atoms with Gasteiger partial charge >= 0.3 is 0 Å². The van der Waals surface area contributed by atoms with Crippen LogP contribution in [-0.4, -0.2) is 22.1 Å². The molecular formula is C22H24N4. The van der Waals surface area contributed by atoms with Crippen molar-refractivity contribution in [3.8, 4) is 11.3 Å². The van der Waals surface area contributed by atoms with Crippen molar-refractivity contribution < 1.29 is 0 Å². The van der Waals surface area contributed by atoms with Gasteiger partial charge < -0.3 is 11.1 Å². The summed E-state index contributed by atoms with van der Waals surface area (Å²) in [5.74, 6) is 0.973. The van der Waals surface area contributed by atoms with Gasteiger partial charge in [0.1, 0.15) is 0 Å². The number of nitrogens with one attached hydrogen (secondary N) is 1. The van der Waals surface area contributed by atoms with E-state index in [1.54, 1.807) is 0 Å². The van der Waals surface area contributed by atoms with Crippen molar-refractivity contribution in [2.75, 3.05) is 11.9 Å². The summed E-state index contributed by atoms with van der Waals surface area (Å²) in [6.07, 6.45) is 2.87. The van der Waals surface area contributed by atoms with Gasteiger partial charge in [0.2, 0.25) is 5.95 Å². The van der Waals surface area contributed by atoms with Gasteiger partial charge in [0.05, 0.1) is 5.69 Å². The van der Waals surface area contributed by atoms with Gasteiger partial charge in [-0.05, 0) is 37.0 Å². The summed E-state index contributed by atoms with van der Waals surface area (Å²) in [6, 6.07) is 19.2. The van der Waals surface area contributed by atoms with Gasteiger partial charge in [-0.3, -0.25) is 0 Å². The minimum absolute atomic E-state index is 0.310. The summed E-state index contributed by atoms with van der Waals surface area (Å²) in [6.45, 7) is 4.59. The van der Waals surface area contributed by atoms with Crippen molar-refractivity contribution in [1.82, 2.24) is 9.97 Å². The molecule has 0 saturated heterocycles. The molecule has 26 heavy (non-hydrogen) atoms. The smallest absolute Gasteiger partial charge is 0.223 e. The molecule has 0 radical (unpaired) electrons. The average molecular weight is 344 g/mol. The third kappa shape index (κ3) is 3.33. The Morgan fingerprint density at radius 3 is 2.58 bits per heavy atom. The fraction of sp³-hybridized carbons (Fsp3) is 0.273. The van der Waals surface area contributed by atoms with E-state index in [0.717, 1.165) is 12.1 Å². The van der Waals surface area contributed by atoms with Gasteiger partial charge in [-0.1, -0.05) is 54.6 Å². The molecule has 1 aliphatic carbocycles. The first-order chi connectivity index (χ1) is 12.5. The number of nitrogens with zero attached hydrogens (tertiary/aromatic N) is 2. The zero-order valence-electron chi connectivity index (χ0n) is 15.2. The number of nitrogens with two attached hydrogens (primary N) is 1. The molecule has 4 nitrogen and oxygen atoms in total. The van der Waals surface area contributed by atoms with Crippen LogP contribution in [0, 0.1) is 0 Å². The Morgan fingerprint density at radius 1 is 1.08 bits per heavy atom. The molecule has 2 aromatic carbocycles. The van der Waals surface area contributed by atoms with Crippen LogP contribution in [0.3, 0.4) is 0 Å². The number of hydrogen-bond acceptors (Lipinski definition) is 4. The molecule has 1 unspecified atom stereocenters. The third-order valence-electron chi connectivity index (χ3n) is 4.78. The van der Waals surface area contributed by atoms with Crippen molar-refractivity contribution >= 4 is 5.95 Å². The third-order valence-corrected chi connectivity index (χ3v) is 4.78. The highest BCUT2D eigenvalue weighted by Crippen LogP contribution is 2.41. The molecule has 3 aromatic rings. The van der Waals surface area contributed by atoms with Crippen molar-refractivity contribution in [3.63, 3.8) is 0 Å². The van der Waals surface area contributed by atoms with Crippen LogP contribution >= 0.6 is 0 Å². The quantitative estimate of drug-likeness (QED) is 0.751. The van der Waals surface area contributed by atoms with Crippen LogP contribution in [0.25, 0.3) is 11.3 Å². The molecule has 4 rings (SSSR count). The van der Waals surface area contributed by atoms with Gasteiger partial charge in [-0.25, -0.2) is 9.97 Å². The normalized spacial score (nSPS) is 15.9. The monoisotopic (exact) mass is 344 g/mol. The minimum Gasteiger partial charge on any atom is -0.352 e. The van der Waals surface area contributed by atoms with Gasteiger partial charge in [-0.15, -0.1) is 0 Å². The zero-order chi connectivity index (χ0) is 18.1. The molecule has 1 aromatic heterocycles. The molecule has 1 aliphatic rings. The first-order valence-corrected chi connectivity index (χ1v) is 9.04. The maximum Gasteiger partial charge on any atom is 0.223 e. The first-order valence-electron chi connectivity index (χ1n) is 9.04. The van der Waals surface area contributed by atoms with Crippen LogP contribution < -0.4 is 11.1 Å². The van der Waals surface area contributed by atoms with E-state index < -0.39 is 0 Å². The van der Waals surface area contributed by atoms with Gasteiger partial charge in [-0.2, -0.15) is 0 Å². The number of aromatic nitrogens is 2. The van der Waals surface area contributed by atoms with Crippen molar-refractivity contribution in [2.24, 2.45) is 5.73 Å². The molecule has 0 saturated carbocycles. The lowest BCUT2D eigenvalue weighted by atomic mass is 9.78. The summed E-state index contributed by atoms with van der Waals surface area (Å²) >= 11 is 0. The molecule has 0 fully saturated rings. The Bertz CT molecular complexity index is 913. The van der Waals surface area contributed by atoms with E-state index in [0.29, 0.717) is 18.4 Å². The molecule has 1 atom stereocenters. The van der Waals surface area contributed by atoms with Gasteiger partial charge in [0, 0.05) is 29.8 Å². The predicted molar refractivity (Wildman–Crippen MR) is 106 cm³/mol. The zero-order valence-corrected chi connectivity index (χ0v) is 15.2. The molecule has 0 bridgehead atoms. The van der Waals surface area contributed by atoms with Crippen LogP contribution in [0.1, 0.15) is 36.5 Å². The summed E-state index contributed by atoms with van der Waals surface area (Å²) in [7, 11) is 0. The standard InChI is InChI=1S/C22H24N4/c1-22(2,23)14-25-21-24-13-16-12-19(15-8-4-3-5-9-15)17-10-6-7-11-18(17)20(16)26-21/h3-11,13,19H,12,14,23H2,1-2H3,(H,24,25,26). The first kappa shape index (κ1) is 16.7. The molecular weight excluding hydrogens is 320 g/mol. The second-order valence-electron chi connectivity index (χ2n) is 7.66. The Labute approximate surface area is 154 Å². The molecule has 3 N–H and O–H groups in total. The van der Waals surface area contributed by atoms with Crippen molar-refractivity contribution in [1.29, 1.82) is 0 Å². The summed E-state index contributed by atoms with van der Waals surface area (Å²) in [5.41, 5.74) is 11.8. The van der Waals surface area contributed by atoms with E-state index in [1.165, 1.54) is 22.3 Å². The number of benzene rings is 2. The molecule has 0 aliphatic heterocycles. The highest BCUT2D eigenvalue weighted by Gasteiger charge is 2.27. The maximum absolute atomic E-state index is 6.06. The Morgan fingerprint density at radius 2 is 1.81 bits per heavy atom. The van der Waals surface area contributed by atoms with Crippen LogP contribution in [0.15, 0.2) is 60.8 Å². The largest absolute Gasteiger partial charge is 0.352 e. The van der Waals surface area contributed by atoms with E-state index in [9.17, 15) is 0 Å². The van der Waals surface area contributed by atoms with Crippen molar-refractivity contribution in [2.45, 2.75) is 31.7 Å². The molecule has 0 spiro atoms. The second-order valence-corrected chi connectivity index (χ2v) is 7.66.